The minimum Gasteiger partial charge on any atom is -0.324 e. The van der Waals surface area contributed by atoms with Crippen LogP contribution < -0.4 is 5.73 Å². The van der Waals surface area contributed by atoms with E-state index in [9.17, 15) is 0 Å². The van der Waals surface area contributed by atoms with Gasteiger partial charge in [-0.2, -0.15) is 0 Å². The highest BCUT2D eigenvalue weighted by molar-refractivity contribution is 7.09. The normalized spacial score (nSPS) is 13.7. The van der Waals surface area contributed by atoms with Crippen LogP contribution in [0.2, 0.25) is 0 Å². The first-order valence-corrected chi connectivity index (χ1v) is 8.45. The van der Waals surface area contributed by atoms with Crippen molar-refractivity contribution in [1.29, 1.82) is 0 Å². The molecule has 1 heterocycles. The Bertz CT molecular complexity index is 576. The van der Waals surface area contributed by atoms with Crippen molar-refractivity contribution in [3.63, 3.8) is 0 Å². The van der Waals surface area contributed by atoms with Gasteiger partial charge < -0.3 is 5.73 Å². The third kappa shape index (κ3) is 4.14. The molecule has 114 valence electrons. The van der Waals surface area contributed by atoms with Gasteiger partial charge >= 0.3 is 0 Å². The van der Waals surface area contributed by atoms with Gasteiger partial charge in [-0.1, -0.05) is 58.9 Å². The van der Waals surface area contributed by atoms with Crippen LogP contribution in [0.15, 0.2) is 29.6 Å². The third-order valence-corrected chi connectivity index (χ3v) is 4.62. The van der Waals surface area contributed by atoms with Crippen LogP contribution in [0, 0.1) is 0 Å². The van der Waals surface area contributed by atoms with Crippen LogP contribution in [0.3, 0.4) is 0 Å². The molecule has 1 unspecified atom stereocenters. The molecule has 3 heteroatoms. The van der Waals surface area contributed by atoms with Crippen LogP contribution in [0.25, 0.3) is 0 Å². The summed E-state index contributed by atoms with van der Waals surface area (Å²) in [4.78, 5) is 4.73. The molecule has 2 aromatic rings. The van der Waals surface area contributed by atoms with E-state index in [2.05, 4.69) is 64.3 Å². The Morgan fingerprint density at radius 1 is 1.10 bits per heavy atom. The van der Waals surface area contributed by atoms with Crippen LogP contribution in [0.4, 0.5) is 0 Å². The van der Waals surface area contributed by atoms with Crippen molar-refractivity contribution in [2.24, 2.45) is 5.73 Å². The fourth-order valence-corrected chi connectivity index (χ4v) is 3.26. The molecule has 0 aliphatic rings. The largest absolute Gasteiger partial charge is 0.324 e. The molecule has 0 fully saturated rings. The first kappa shape index (κ1) is 16.2. The highest BCUT2D eigenvalue weighted by Gasteiger charge is 2.18. The Labute approximate surface area is 132 Å². The lowest BCUT2D eigenvalue weighted by Gasteiger charge is -2.15. The lowest BCUT2D eigenvalue weighted by Crippen LogP contribution is -2.15. The zero-order chi connectivity index (χ0) is 15.6. The summed E-state index contributed by atoms with van der Waals surface area (Å²) < 4.78 is 0. The molecule has 0 radical (unpaired) electrons. The number of hydrogen-bond donors (Lipinski definition) is 1. The van der Waals surface area contributed by atoms with Crippen LogP contribution in [0.5, 0.6) is 0 Å². The molecule has 0 bridgehead atoms. The van der Waals surface area contributed by atoms with E-state index in [1.807, 2.05) is 0 Å². The van der Waals surface area contributed by atoms with Crippen LogP contribution in [-0.2, 0) is 11.8 Å². The summed E-state index contributed by atoms with van der Waals surface area (Å²) in [5.41, 5.74) is 10.1. The molecular formula is C18H26N2S. The molecule has 0 saturated heterocycles. The number of benzene rings is 1. The van der Waals surface area contributed by atoms with Gasteiger partial charge in [0.15, 0.2) is 0 Å². The van der Waals surface area contributed by atoms with Gasteiger partial charge in [-0.25, -0.2) is 4.98 Å². The average Bonchev–Trinajstić information content (AvgIpc) is 2.87. The minimum atomic E-state index is 0.0187. The SMILES string of the molecule is CC(C)c1ccc(C(N)Cc2nc(C(C)(C)C)cs2)cc1. The number of aromatic nitrogens is 1. The zero-order valence-corrected chi connectivity index (χ0v) is 14.5. The van der Waals surface area contributed by atoms with E-state index in [0.29, 0.717) is 5.92 Å². The topological polar surface area (TPSA) is 38.9 Å². The molecule has 2 nitrogen and oxygen atoms in total. The molecule has 0 amide bonds. The van der Waals surface area contributed by atoms with Gasteiger partial charge in [-0.15, -0.1) is 11.3 Å². The van der Waals surface area contributed by atoms with E-state index >= 15 is 0 Å². The molecule has 0 aliphatic carbocycles. The van der Waals surface area contributed by atoms with Gasteiger partial charge in [0.2, 0.25) is 0 Å². The molecule has 0 spiro atoms. The van der Waals surface area contributed by atoms with Crippen molar-refractivity contribution in [1.82, 2.24) is 4.98 Å². The number of hydrogen-bond acceptors (Lipinski definition) is 3. The van der Waals surface area contributed by atoms with E-state index in [-0.39, 0.29) is 11.5 Å². The first-order chi connectivity index (χ1) is 9.77. The summed E-state index contributed by atoms with van der Waals surface area (Å²) in [6, 6.07) is 8.69. The smallest absolute Gasteiger partial charge is 0.0947 e. The van der Waals surface area contributed by atoms with Crippen LogP contribution >= 0.6 is 11.3 Å². The Balaban J connectivity index is 2.07. The summed E-state index contributed by atoms with van der Waals surface area (Å²) in [5, 5.41) is 3.28. The second kappa shape index (κ2) is 6.29. The number of nitrogens with two attached hydrogens (primary N) is 1. The molecule has 1 atom stereocenters. The number of nitrogens with zero attached hydrogens (tertiary/aromatic N) is 1. The second-order valence-electron chi connectivity index (χ2n) is 7.01. The highest BCUT2D eigenvalue weighted by atomic mass is 32.1. The molecule has 21 heavy (non-hydrogen) atoms. The molecule has 1 aromatic carbocycles. The summed E-state index contributed by atoms with van der Waals surface area (Å²) >= 11 is 1.72. The van der Waals surface area contributed by atoms with Gasteiger partial charge in [-0.05, 0) is 17.0 Å². The minimum absolute atomic E-state index is 0.0187. The monoisotopic (exact) mass is 302 g/mol. The maximum Gasteiger partial charge on any atom is 0.0947 e. The fourth-order valence-electron chi connectivity index (χ4n) is 2.18. The fraction of sp³-hybridized carbons (Fsp3) is 0.500. The van der Waals surface area contributed by atoms with E-state index in [1.54, 1.807) is 11.3 Å². The van der Waals surface area contributed by atoms with Gasteiger partial charge in [0.1, 0.15) is 0 Å². The first-order valence-electron chi connectivity index (χ1n) is 7.57. The van der Waals surface area contributed by atoms with Crippen molar-refractivity contribution in [2.75, 3.05) is 0 Å². The average molecular weight is 302 g/mol. The lowest BCUT2D eigenvalue weighted by atomic mass is 9.93. The van der Waals surface area contributed by atoms with Crippen molar-refractivity contribution < 1.29 is 0 Å². The molecule has 2 N–H and O–H groups in total. The predicted octanol–water partition coefficient (Wildman–Crippen LogP) is 4.81. The Morgan fingerprint density at radius 3 is 2.14 bits per heavy atom. The third-order valence-electron chi connectivity index (χ3n) is 3.75. The molecule has 0 aliphatic heterocycles. The zero-order valence-electron chi connectivity index (χ0n) is 13.7. The van der Waals surface area contributed by atoms with Gasteiger partial charge in [0.05, 0.1) is 10.7 Å². The van der Waals surface area contributed by atoms with Gasteiger partial charge in [0, 0.05) is 23.3 Å². The molecule has 1 aromatic heterocycles. The number of rotatable bonds is 4. The summed E-state index contributed by atoms with van der Waals surface area (Å²) in [6.07, 6.45) is 0.807. The molecule has 0 saturated carbocycles. The highest BCUT2D eigenvalue weighted by Crippen LogP contribution is 2.26. The van der Waals surface area contributed by atoms with Crippen molar-refractivity contribution in [3.8, 4) is 0 Å². The number of thiazole rings is 1. The molecular weight excluding hydrogens is 276 g/mol. The molecule has 2 rings (SSSR count). The van der Waals surface area contributed by atoms with Crippen LogP contribution in [-0.4, -0.2) is 4.98 Å². The van der Waals surface area contributed by atoms with Crippen molar-refractivity contribution in [2.45, 2.75) is 58.4 Å². The summed E-state index contributed by atoms with van der Waals surface area (Å²) in [6.45, 7) is 11.0. The van der Waals surface area contributed by atoms with Gasteiger partial charge in [0.25, 0.3) is 0 Å². The quantitative estimate of drug-likeness (QED) is 0.880. The van der Waals surface area contributed by atoms with E-state index < -0.39 is 0 Å². The maximum absolute atomic E-state index is 6.34. The lowest BCUT2D eigenvalue weighted by molar-refractivity contribution is 0.569. The van der Waals surface area contributed by atoms with Crippen molar-refractivity contribution in [3.05, 3.63) is 51.5 Å². The summed E-state index contributed by atoms with van der Waals surface area (Å²) in [7, 11) is 0. The second-order valence-corrected chi connectivity index (χ2v) is 7.95. The van der Waals surface area contributed by atoms with E-state index in [1.165, 1.54) is 11.1 Å². The van der Waals surface area contributed by atoms with Gasteiger partial charge in [-0.3, -0.25) is 0 Å². The van der Waals surface area contributed by atoms with E-state index in [0.717, 1.165) is 17.1 Å². The van der Waals surface area contributed by atoms with E-state index in [4.69, 9.17) is 10.7 Å². The van der Waals surface area contributed by atoms with Crippen LogP contribution in [0.1, 0.15) is 68.4 Å². The van der Waals surface area contributed by atoms with Crippen molar-refractivity contribution >= 4 is 11.3 Å². The Hall–Kier alpha value is -1.19. The standard InChI is InChI=1S/C18H26N2S/c1-12(2)13-6-8-14(9-7-13)15(19)10-17-20-16(11-21-17)18(3,4)5/h6-9,11-12,15H,10,19H2,1-5H3. The Morgan fingerprint density at radius 2 is 1.67 bits per heavy atom. The summed E-state index contributed by atoms with van der Waals surface area (Å²) in [5.74, 6) is 0.559. The Kier molecular flexibility index (Phi) is 4.84. The predicted molar refractivity (Wildman–Crippen MR) is 92.0 cm³/mol. The maximum atomic E-state index is 6.34.